The Bertz CT molecular complexity index is 980. The predicted molar refractivity (Wildman–Crippen MR) is 89.8 cm³/mol. The number of aromatic nitrogens is 4. The molecule has 1 saturated heterocycles. The summed E-state index contributed by atoms with van der Waals surface area (Å²) in [5.41, 5.74) is 2.97. The zero-order valence-corrected chi connectivity index (χ0v) is 13.7. The average molecular weight is 325 g/mol. The van der Waals surface area contributed by atoms with E-state index in [0.29, 0.717) is 11.1 Å². The summed E-state index contributed by atoms with van der Waals surface area (Å²) in [5.74, 6) is -0.00652. The van der Waals surface area contributed by atoms with Gasteiger partial charge in [0.2, 0.25) is 0 Å². The number of likely N-dealkylation sites (tertiary alicyclic amines) is 1. The van der Waals surface area contributed by atoms with Crippen LogP contribution >= 0.6 is 0 Å². The van der Waals surface area contributed by atoms with Gasteiger partial charge in [0, 0.05) is 38.0 Å². The molecule has 1 unspecified atom stereocenters. The van der Waals surface area contributed by atoms with Crippen molar-refractivity contribution in [2.24, 2.45) is 14.1 Å². The molecule has 0 saturated carbocycles. The van der Waals surface area contributed by atoms with Crippen molar-refractivity contribution in [2.45, 2.75) is 18.9 Å². The molecule has 1 N–H and O–H groups in total. The first-order valence-electron chi connectivity index (χ1n) is 8.03. The van der Waals surface area contributed by atoms with Gasteiger partial charge in [-0.25, -0.2) is 4.79 Å². The van der Waals surface area contributed by atoms with Crippen LogP contribution in [0.2, 0.25) is 0 Å². The molecule has 0 aliphatic carbocycles. The summed E-state index contributed by atoms with van der Waals surface area (Å²) in [6, 6.07) is 5.43. The number of amides is 1. The quantitative estimate of drug-likeness (QED) is 0.777. The van der Waals surface area contributed by atoms with Gasteiger partial charge in [0.05, 0.1) is 23.3 Å². The van der Waals surface area contributed by atoms with Crippen molar-refractivity contribution in [2.75, 3.05) is 6.54 Å². The molecule has 3 heterocycles. The molecule has 1 aliphatic heterocycles. The van der Waals surface area contributed by atoms with E-state index in [1.165, 1.54) is 4.57 Å². The number of nitrogens with one attached hydrogen (secondary N) is 1. The zero-order chi connectivity index (χ0) is 16.8. The maximum atomic E-state index is 13.0. The lowest BCUT2D eigenvalue weighted by atomic mass is 10.1. The minimum Gasteiger partial charge on any atom is -0.331 e. The highest BCUT2D eigenvalue weighted by molar-refractivity contribution is 5.97. The van der Waals surface area contributed by atoms with Crippen LogP contribution in [0.4, 0.5) is 0 Å². The molecule has 1 amide bonds. The van der Waals surface area contributed by atoms with Crippen molar-refractivity contribution in [3.63, 3.8) is 0 Å². The van der Waals surface area contributed by atoms with Crippen LogP contribution in [-0.4, -0.2) is 36.7 Å². The van der Waals surface area contributed by atoms with Crippen LogP contribution in [-0.2, 0) is 14.1 Å². The predicted octanol–water partition coefficient (Wildman–Crippen LogP) is 1.58. The normalized spacial score (nSPS) is 17.8. The van der Waals surface area contributed by atoms with E-state index in [-0.39, 0.29) is 17.6 Å². The Morgan fingerprint density at radius 3 is 2.92 bits per heavy atom. The molecule has 124 valence electrons. The average Bonchev–Trinajstić information content (AvgIpc) is 3.27. The van der Waals surface area contributed by atoms with Crippen LogP contribution in [0.15, 0.2) is 35.4 Å². The molecule has 0 spiro atoms. The SMILES string of the molecule is Cn1cc(C2CCCN2C(=O)c2ccc3c(c2)[nH]c(=O)n3C)cn1. The van der Waals surface area contributed by atoms with Crippen LogP contribution in [0.3, 0.4) is 0 Å². The minimum atomic E-state index is -0.177. The van der Waals surface area contributed by atoms with Crippen molar-refractivity contribution in [1.29, 1.82) is 0 Å². The van der Waals surface area contributed by atoms with E-state index in [4.69, 9.17) is 0 Å². The van der Waals surface area contributed by atoms with Gasteiger partial charge in [-0.15, -0.1) is 0 Å². The highest BCUT2D eigenvalue weighted by atomic mass is 16.2. The number of hydrogen-bond acceptors (Lipinski definition) is 3. The van der Waals surface area contributed by atoms with E-state index < -0.39 is 0 Å². The number of aryl methyl sites for hydroxylation is 2. The Labute approximate surface area is 138 Å². The molecule has 2 aromatic heterocycles. The smallest absolute Gasteiger partial charge is 0.326 e. The number of aromatic amines is 1. The molecule has 7 heteroatoms. The second-order valence-electron chi connectivity index (χ2n) is 6.33. The highest BCUT2D eigenvalue weighted by Gasteiger charge is 2.31. The van der Waals surface area contributed by atoms with E-state index >= 15 is 0 Å². The largest absolute Gasteiger partial charge is 0.331 e. The minimum absolute atomic E-state index is 0.00652. The lowest BCUT2D eigenvalue weighted by molar-refractivity contribution is 0.0736. The molecule has 7 nitrogen and oxygen atoms in total. The molecule has 1 aliphatic rings. The number of carbonyl (C=O) groups excluding carboxylic acids is 1. The fraction of sp³-hybridized carbons (Fsp3) is 0.353. The second kappa shape index (κ2) is 5.36. The van der Waals surface area contributed by atoms with Crippen LogP contribution in [0.5, 0.6) is 0 Å². The summed E-state index contributed by atoms with van der Waals surface area (Å²) in [6.45, 7) is 0.738. The standard InChI is InChI=1S/C17H19N5O2/c1-20-10-12(9-18-20)14-4-3-7-22(14)16(23)11-5-6-15-13(8-11)19-17(24)21(15)2/h5-6,8-10,14H,3-4,7H2,1-2H3,(H,19,24). The van der Waals surface area contributed by atoms with Gasteiger partial charge in [0.1, 0.15) is 0 Å². The summed E-state index contributed by atoms with van der Waals surface area (Å²) < 4.78 is 3.30. The fourth-order valence-corrected chi connectivity index (χ4v) is 3.50. The number of fused-ring (bicyclic) bond motifs is 1. The fourth-order valence-electron chi connectivity index (χ4n) is 3.50. The molecule has 24 heavy (non-hydrogen) atoms. The van der Waals surface area contributed by atoms with E-state index in [1.54, 1.807) is 23.9 Å². The van der Waals surface area contributed by atoms with E-state index in [1.807, 2.05) is 30.4 Å². The van der Waals surface area contributed by atoms with Crippen LogP contribution in [0.1, 0.15) is 34.8 Å². The molecule has 4 rings (SSSR count). The summed E-state index contributed by atoms with van der Waals surface area (Å²) in [6.07, 6.45) is 5.72. The van der Waals surface area contributed by atoms with E-state index in [2.05, 4.69) is 10.1 Å². The van der Waals surface area contributed by atoms with Gasteiger partial charge in [-0.1, -0.05) is 0 Å². The van der Waals surface area contributed by atoms with Crippen LogP contribution in [0.25, 0.3) is 11.0 Å². The summed E-state index contributed by atoms with van der Waals surface area (Å²) in [4.78, 5) is 29.4. The first-order valence-corrected chi connectivity index (χ1v) is 8.03. The third-order valence-electron chi connectivity index (χ3n) is 4.77. The molecular formula is C17H19N5O2. The number of hydrogen-bond donors (Lipinski definition) is 1. The van der Waals surface area contributed by atoms with Crippen molar-refractivity contribution in [3.05, 3.63) is 52.2 Å². The number of H-pyrrole nitrogens is 1. The Hall–Kier alpha value is -2.83. The maximum Gasteiger partial charge on any atom is 0.326 e. The molecule has 1 aromatic carbocycles. The highest BCUT2D eigenvalue weighted by Crippen LogP contribution is 2.33. The third kappa shape index (κ3) is 2.24. The third-order valence-corrected chi connectivity index (χ3v) is 4.77. The van der Waals surface area contributed by atoms with Crippen LogP contribution < -0.4 is 5.69 Å². The van der Waals surface area contributed by atoms with Gasteiger partial charge in [0.15, 0.2) is 0 Å². The van der Waals surface area contributed by atoms with Crippen molar-refractivity contribution in [3.8, 4) is 0 Å². The van der Waals surface area contributed by atoms with Crippen molar-refractivity contribution >= 4 is 16.9 Å². The maximum absolute atomic E-state index is 13.0. The molecule has 1 fully saturated rings. The van der Waals surface area contributed by atoms with Crippen LogP contribution in [0, 0.1) is 0 Å². The summed E-state index contributed by atoms with van der Waals surface area (Å²) in [5, 5.41) is 4.22. The Balaban J connectivity index is 1.68. The molecule has 0 radical (unpaired) electrons. The zero-order valence-electron chi connectivity index (χ0n) is 13.7. The van der Waals surface area contributed by atoms with Gasteiger partial charge in [-0.05, 0) is 31.0 Å². The summed E-state index contributed by atoms with van der Waals surface area (Å²) in [7, 11) is 3.59. The van der Waals surface area contributed by atoms with Gasteiger partial charge in [-0.2, -0.15) is 5.10 Å². The van der Waals surface area contributed by atoms with Crippen molar-refractivity contribution < 1.29 is 4.79 Å². The van der Waals surface area contributed by atoms with Gasteiger partial charge < -0.3 is 9.88 Å². The molecule has 0 bridgehead atoms. The van der Waals surface area contributed by atoms with Gasteiger partial charge in [0.25, 0.3) is 5.91 Å². The number of carbonyl (C=O) groups is 1. The van der Waals surface area contributed by atoms with Crippen molar-refractivity contribution in [1.82, 2.24) is 24.2 Å². The Morgan fingerprint density at radius 2 is 2.17 bits per heavy atom. The Morgan fingerprint density at radius 1 is 1.33 bits per heavy atom. The Kier molecular flexibility index (Phi) is 3.30. The molecular weight excluding hydrogens is 306 g/mol. The first-order chi connectivity index (χ1) is 11.5. The number of benzene rings is 1. The first kappa shape index (κ1) is 14.7. The number of imidazole rings is 1. The number of rotatable bonds is 2. The topological polar surface area (TPSA) is 75.9 Å². The van der Waals surface area contributed by atoms with Gasteiger partial charge in [-0.3, -0.25) is 14.0 Å². The van der Waals surface area contributed by atoms with E-state index in [0.717, 1.165) is 30.5 Å². The molecule has 1 atom stereocenters. The molecule has 3 aromatic rings. The lowest BCUT2D eigenvalue weighted by Crippen LogP contribution is -2.30. The summed E-state index contributed by atoms with van der Waals surface area (Å²) >= 11 is 0. The van der Waals surface area contributed by atoms with Gasteiger partial charge >= 0.3 is 5.69 Å². The van der Waals surface area contributed by atoms with E-state index in [9.17, 15) is 9.59 Å². The number of nitrogens with zero attached hydrogens (tertiary/aromatic N) is 4. The second-order valence-corrected chi connectivity index (χ2v) is 6.33. The lowest BCUT2D eigenvalue weighted by Gasteiger charge is -2.24. The monoisotopic (exact) mass is 325 g/mol.